The Bertz CT molecular complexity index is 1200. The fraction of sp³-hybridized carbons (Fsp3) is 0.0870. The molecular weight excluding hydrogens is 514 g/mol. The number of hydrogen-bond donors (Lipinski definition) is 3. The molecule has 3 rings (SSSR count). The van der Waals surface area contributed by atoms with E-state index in [1.54, 1.807) is 54.6 Å². The van der Waals surface area contributed by atoms with Crippen LogP contribution in [0.4, 0.5) is 11.4 Å². The molecule has 6 nitrogen and oxygen atoms in total. The Balaban J connectivity index is 1.67. The maximum Gasteiger partial charge on any atom is 0.261 e. The number of carbonyl (C=O) groups excluding carboxylic acids is 2. The Morgan fingerprint density at radius 2 is 1.66 bits per heavy atom. The molecule has 0 aliphatic rings. The average molecular weight is 533 g/mol. The van der Waals surface area contributed by atoms with Gasteiger partial charge in [0.15, 0.2) is 5.11 Å². The summed E-state index contributed by atoms with van der Waals surface area (Å²) in [6, 6.07) is 17.1. The maximum absolute atomic E-state index is 12.7. The van der Waals surface area contributed by atoms with E-state index in [0.717, 1.165) is 10.0 Å². The van der Waals surface area contributed by atoms with Gasteiger partial charge in [-0.05, 0) is 73.2 Å². The molecule has 0 aliphatic heterocycles. The second kappa shape index (κ2) is 10.6. The second-order valence-electron chi connectivity index (χ2n) is 6.76. The molecule has 0 atom stereocenters. The lowest BCUT2D eigenvalue weighted by Crippen LogP contribution is -2.34. The number of hydrogen-bond acceptors (Lipinski definition) is 4. The standard InChI is InChI=1S/C23H19BrClN3O3S/c1-13-9-15(24)11-19(20(13)31-2)22(30)28-23(32)27-18-8-4-7-17(12-18)26-21(29)14-5-3-6-16(25)10-14/h3-12H,1-2H3,(H,26,29)(H2,27,28,30,32). The first-order valence-electron chi connectivity index (χ1n) is 9.40. The van der Waals surface area contributed by atoms with Crippen LogP contribution in [0.25, 0.3) is 0 Å². The molecule has 0 spiro atoms. The predicted molar refractivity (Wildman–Crippen MR) is 135 cm³/mol. The second-order valence-corrected chi connectivity index (χ2v) is 8.52. The van der Waals surface area contributed by atoms with E-state index in [4.69, 9.17) is 28.6 Å². The van der Waals surface area contributed by atoms with Gasteiger partial charge in [0, 0.05) is 26.4 Å². The number of anilines is 2. The SMILES string of the molecule is COc1c(C)cc(Br)cc1C(=O)NC(=S)Nc1cccc(NC(=O)c2cccc(Cl)c2)c1. The number of benzene rings is 3. The van der Waals surface area contributed by atoms with Gasteiger partial charge in [-0.15, -0.1) is 0 Å². The molecule has 0 saturated heterocycles. The van der Waals surface area contributed by atoms with E-state index >= 15 is 0 Å². The molecule has 0 heterocycles. The average Bonchev–Trinajstić information content (AvgIpc) is 2.73. The zero-order valence-electron chi connectivity index (χ0n) is 17.2. The molecule has 9 heteroatoms. The number of ether oxygens (including phenoxy) is 1. The molecule has 3 aromatic rings. The van der Waals surface area contributed by atoms with Crippen LogP contribution in [0.3, 0.4) is 0 Å². The van der Waals surface area contributed by atoms with Crippen LogP contribution in [0.1, 0.15) is 26.3 Å². The molecule has 164 valence electrons. The fourth-order valence-corrected chi connectivity index (χ4v) is 3.98. The Morgan fingerprint density at radius 1 is 0.969 bits per heavy atom. The van der Waals surface area contributed by atoms with Gasteiger partial charge in [0.25, 0.3) is 11.8 Å². The summed E-state index contributed by atoms with van der Waals surface area (Å²) in [5.41, 5.74) is 2.76. The normalized spacial score (nSPS) is 10.2. The molecule has 3 aromatic carbocycles. The topological polar surface area (TPSA) is 79.5 Å². The van der Waals surface area contributed by atoms with Crippen molar-refractivity contribution in [3.05, 3.63) is 86.8 Å². The van der Waals surface area contributed by atoms with E-state index in [2.05, 4.69) is 31.9 Å². The van der Waals surface area contributed by atoms with Crippen LogP contribution >= 0.6 is 39.7 Å². The van der Waals surface area contributed by atoms with Crippen molar-refractivity contribution in [1.82, 2.24) is 5.32 Å². The summed E-state index contributed by atoms with van der Waals surface area (Å²) >= 11 is 14.6. The highest BCUT2D eigenvalue weighted by atomic mass is 79.9. The minimum Gasteiger partial charge on any atom is -0.496 e. The van der Waals surface area contributed by atoms with E-state index in [9.17, 15) is 9.59 Å². The summed E-state index contributed by atoms with van der Waals surface area (Å²) < 4.78 is 6.11. The zero-order chi connectivity index (χ0) is 23.3. The number of thiocarbonyl (C=S) groups is 1. The number of halogens is 2. The largest absolute Gasteiger partial charge is 0.496 e. The minimum absolute atomic E-state index is 0.105. The van der Waals surface area contributed by atoms with Crippen LogP contribution in [0.5, 0.6) is 5.75 Å². The number of carbonyl (C=O) groups is 2. The molecule has 0 aromatic heterocycles. The lowest BCUT2D eigenvalue weighted by atomic mass is 10.1. The lowest BCUT2D eigenvalue weighted by Gasteiger charge is -2.14. The van der Waals surface area contributed by atoms with E-state index in [-0.39, 0.29) is 11.0 Å². The van der Waals surface area contributed by atoms with Crippen LogP contribution in [-0.4, -0.2) is 24.0 Å². The lowest BCUT2D eigenvalue weighted by molar-refractivity contribution is 0.0973. The summed E-state index contributed by atoms with van der Waals surface area (Å²) in [7, 11) is 1.51. The van der Waals surface area contributed by atoms with Crippen molar-refractivity contribution in [2.75, 3.05) is 17.7 Å². The number of rotatable bonds is 5. The van der Waals surface area contributed by atoms with Crippen LogP contribution in [-0.2, 0) is 0 Å². The highest BCUT2D eigenvalue weighted by molar-refractivity contribution is 9.10. The van der Waals surface area contributed by atoms with Gasteiger partial charge in [0.1, 0.15) is 5.75 Å². The van der Waals surface area contributed by atoms with E-state index in [0.29, 0.717) is 33.3 Å². The van der Waals surface area contributed by atoms with Crippen molar-refractivity contribution in [2.45, 2.75) is 6.92 Å². The van der Waals surface area contributed by atoms with Crippen molar-refractivity contribution in [1.29, 1.82) is 0 Å². The van der Waals surface area contributed by atoms with Gasteiger partial charge in [0.2, 0.25) is 0 Å². The van der Waals surface area contributed by atoms with Gasteiger partial charge in [-0.2, -0.15) is 0 Å². The third-order valence-corrected chi connectivity index (χ3v) is 5.28. The van der Waals surface area contributed by atoms with Crippen molar-refractivity contribution in [3.63, 3.8) is 0 Å². The Labute approximate surface area is 204 Å². The minimum atomic E-state index is -0.408. The summed E-state index contributed by atoms with van der Waals surface area (Å²) in [5, 5.41) is 8.98. The first-order chi connectivity index (χ1) is 15.3. The summed E-state index contributed by atoms with van der Waals surface area (Å²) in [6.07, 6.45) is 0. The van der Waals surface area contributed by atoms with Crippen LogP contribution in [0.15, 0.2) is 65.1 Å². The van der Waals surface area contributed by atoms with Crippen molar-refractivity contribution < 1.29 is 14.3 Å². The van der Waals surface area contributed by atoms with Gasteiger partial charge in [-0.3, -0.25) is 14.9 Å². The first kappa shape index (κ1) is 23.7. The molecule has 3 N–H and O–H groups in total. The zero-order valence-corrected chi connectivity index (χ0v) is 20.3. The number of aryl methyl sites for hydroxylation is 1. The van der Waals surface area contributed by atoms with Crippen molar-refractivity contribution in [2.24, 2.45) is 0 Å². The van der Waals surface area contributed by atoms with Crippen LogP contribution < -0.4 is 20.7 Å². The quantitative estimate of drug-likeness (QED) is 0.362. The van der Waals surface area contributed by atoms with Crippen LogP contribution in [0, 0.1) is 6.92 Å². The van der Waals surface area contributed by atoms with Crippen molar-refractivity contribution in [3.8, 4) is 5.75 Å². The monoisotopic (exact) mass is 531 g/mol. The molecule has 0 unspecified atom stereocenters. The predicted octanol–water partition coefficient (Wildman–Crippen LogP) is 5.80. The third kappa shape index (κ3) is 6.06. The van der Waals surface area contributed by atoms with Gasteiger partial charge in [-0.25, -0.2) is 0 Å². The summed E-state index contributed by atoms with van der Waals surface area (Å²) in [6.45, 7) is 1.85. The van der Waals surface area contributed by atoms with E-state index in [1.165, 1.54) is 7.11 Å². The molecule has 0 saturated carbocycles. The van der Waals surface area contributed by atoms with Crippen molar-refractivity contribution >= 4 is 68.1 Å². The smallest absolute Gasteiger partial charge is 0.261 e. The van der Waals surface area contributed by atoms with Crippen LogP contribution in [0.2, 0.25) is 5.02 Å². The van der Waals surface area contributed by atoms with E-state index in [1.807, 2.05) is 13.0 Å². The molecule has 0 fully saturated rings. The number of amides is 2. The van der Waals surface area contributed by atoms with Gasteiger partial charge >= 0.3 is 0 Å². The highest BCUT2D eigenvalue weighted by Crippen LogP contribution is 2.27. The number of methoxy groups -OCH3 is 1. The maximum atomic E-state index is 12.7. The highest BCUT2D eigenvalue weighted by Gasteiger charge is 2.17. The summed E-state index contributed by atoms with van der Waals surface area (Å²) in [4.78, 5) is 25.1. The Kier molecular flexibility index (Phi) is 7.84. The Hall–Kier alpha value is -2.94. The fourth-order valence-electron chi connectivity index (χ4n) is 3.01. The first-order valence-corrected chi connectivity index (χ1v) is 11.0. The third-order valence-electron chi connectivity index (χ3n) is 4.38. The van der Waals surface area contributed by atoms with Gasteiger partial charge in [0.05, 0.1) is 12.7 Å². The van der Waals surface area contributed by atoms with Gasteiger partial charge < -0.3 is 15.4 Å². The van der Waals surface area contributed by atoms with Gasteiger partial charge in [-0.1, -0.05) is 39.7 Å². The number of nitrogens with one attached hydrogen (secondary N) is 3. The molecule has 0 radical (unpaired) electrons. The molecule has 2 amide bonds. The molecule has 0 bridgehead atoms. The molecular formula is C23H19BrClN3O3S. The Morgan fingerprint density at radius 3 is 2.34 bits per heavy atom. The molecule has 32 heavy (non-hydrogen) atoms. The van der Waals surface area contributed by atoms with E-state index < -0.39 is 5.91 Å². The summed E-state index contributed by atoms with van der Waals surface area (Å²) in [5.74, 6) is -0.231. The molecule has 0 aliphatic carbocycles.